The molecule has 0 saturated heterocycles. The van der Waals surface area contributed by atoms with Crippen LogP contribution in [0.5, 0.6) is 11.5 Å². The quantitative estimate of drug-likeness (QED) is 0.226. The maximum absolute atomic E-state index is 14.4. The van der Waals surface area contributed by atoms with Gasteiger partial charge >= 0.3 is 0 Å². The van der Waals surface area contributed by atoms with Crippen LogP contribution in [0.15, 0.2) is 102 Å². The van der Waals surface area contributed by atoms with Crippen molar-refractivity contribution in [2.24, 2.45) is 0 Å². The monoisotopic (exact) mass is 629 g/mol. The van der Waals surface area contributed by atoms with Crippen molar-refractivity contribution in [1.82, 2.24) is 10.2 Å². The van der Waals surface area contributed by atoms with E-state index in [2.05, 4.69) is 5.32 Å². The van der Waals surface area contributed by atoms with Gasteiger partial charge in [0.2, 0.25) is 11.8 Å². The molecule has 0 bridgehead atoms. The first-order valence-electron chi connectivity index (χ1n) is 14.5. The molecule has 1 N–H and O–H groups in total. The van der Waals surface area contributed by atoms with Crippen LogP contribution < -0.4 is 19.1 Å². The highest BCUT2D eigenvalue weighted by Gasteiger charge is 2.34. The molecule has 0 aliphatic carbocycles. The van der Waals surface area contributed by atoms with Crippen molar-refractivity contribution in [3.63, 3.8) is 0 Å². The van der Waals surface area contributed by atoms with E-state index in [0.717, 1.165) is 26.6 Å². The summed E-state index contributed by atoms with van der Waals surface area (Å²) < 4.78 is 40.3. The second-order valence-electron chi connectivity index (χ2n) is 10.7. The van der Waals surface area contributed by atoms with Crippen molar-refractivity contribution in [3.8, 4) is 11.5 Å². The molecule has 0 heterocycles. The first-order valence-corrected chi connectivity index (χ1v) is 15.9. The summed E-state index contributed by atoms with van der Waals surface area (Å²) in [5, 5.41) is 2.70. The largest absolute Gasteiger partial charge is 0.493 e. The number of anilines is 1. The number of hydrogen-bond acceptors (Lipinski definition) is 6. The molecule has 0 aromatic heterocycles. The first kappa shape index (κ1) is 33.1. The van der Waals surface area contributed by atoms with E-state index >= 15 is 0 Å². The number of hydrogen-bond donors (Lipinski definition) is 1. The SMILES string of the molecule is CNC(=O)C(Cc1ccccc1)N(Cc1ccc(C)cc1)C(=O)CN(c1ccc(C)cc1)S(=O)(=O)c1ccc(OC)c(OC)c1. The van der Waals surface area contributed by atoms with Gasteiger partial charge in [-0.05, 0) is 49.2 Å². The standard InChI is InChI=1S/C35H39N3O6S/c1-25-11-15-28(16-12-25)23-37(31(35(40)36-3)21-27-9-7-6-8-10-27)34(39)24-38(29-17-13-26(2)14-18-29)45(41,42)30-19-20-32(43-4)33(22-30)44-5/h6-20,22,31H,21,23-24H2,1-5H3,(H,36,40). The van der Waals surface area contributed by atoms with Gasteiger partial charge in [0, 0.05) is 26.1 Å². The number of amides is 2. The first-order chi connectivity index (χ1) is 21.6. The van der Waals surface area contributed by atoms with Gasteiger partial charge in [0.15, 0.2) is 11.5 Å². The highest BCUT2D eigenvalue weighted by Crippen LogP contribution is 2.32. The number of sulfonamides is 1. The molecule has 4 aromatic rings. The lowest BCUT2D eigenvalue weighted by molar-refractivity contribution is -0.139. The minimum Gasteiger partial charge on any atom is -0.493 e. The Labute approximate surface area is 265 Å². The Morgan fingerprint density at radius 2 is 1.38 bits per heavy atom. The fourth-order valence-corrected chi connectivity index (χ4v) is 6.38. The summed E-state index contributed by atoms with van der Waals surface area (Å²) in [6, 6.07) is 27.3. The predicted octanol–water partition coefficient (Wildman–Crippen LogP) is 4.90. The number of methoxy groups -OCH3 is 2. The average molecular weight is 630 g/mol. The lowest BCUT2D eigenvalue weighted by Crippen LogP contribution is -2.53. The summed E-state index contributed by atoms with van der Waals surface area (Å²) in [5.74, 6) is -0.293. The number of ether oxygens (including phenoxy) is 2. The summed E-state index contributed by atoms with van der Waals surface area (Å²) in [5.41, 5.74) is 3.95. The molecule has 0 saturated carbocycles. The zero-order valence-electron chi connectivity index (χ0n) is 26.2. The van der Waals surface area contributed by atoms with E-state index < -0.39 is 28.5 Å². The third-order valence-electron chi connectivity index (χ3n) is 7.53. The number of benzene rings is 4. The molecule has 236 valence electrons. The van der Waals surface area contributed by atoms with Gasteiger partial charge < -0.3 is 19.7 Å². The minimum absolute atomic E-state index is 0.0780. The van der Waals surface area contributed by atoms with E-state index in [9.17, 15) is 18.0 Å². The third kappa shape index (κ3) is 8.02. The minimum atomic E-state index is -4.29. The smallest absolute Gasteiger partial charge is 0.264 e. The summed E-state index contributed by atoms with van der Waals surface area (Å²) in [6.45, 7) is 3.41. The Bertz CT molecular complexity index is 1710. The van der Waals surface area contributed by atoms with Crippen LogP contribution in [-0.4, -0.2) is 59.0 Å². The summed E-state index contributed by atoms with van der Waals surface area (Å²) in [6.07, 6.45) is 0.241. The molecule has 1 atom stereocenters. The Balaban J connectivity index is 1.80. The third-order valence-corrected chi connectivity index (χ3v) is 9.30. The van der Waals surface area contributed by atoms with Crippen molar-refractivity contribution in [2.45, 2.75) is 37.8 Å². The topological polar surface area (TPSA) is 105 Å². The van der Waals surface area contributed by atoms with E-state index in [1.165, 1.54) is 44.4 Å². The molecule has 9 nitrogen and oxygen atoms in total. The fourth-order valence-electron chi connectivity index (χ4n) is 4.95. The second kappa shape index (κ2) is 14.8. The number of nitrogens with zero attached hydrogens (tertiary/aromatic N) is 2. The number of carbonyl (C=O) groups excluding carboxylic acids is 2. The highest BCUT2D eigenvalue weighted by molar-refractivity contribution is 7.92. The molecule has 10 heteroatoms. The molecule has 45 heavy (non-hydrogen) atoms. The van der Waals surface area contributed by atoms with Crippen LogP contribution in [0.25, 0.3) is 0 Å². The van der Waals surface area contributed by atoms with E-state index in [0.29, 0.717) is 11.4 Å². The molecular formula is C35H39N3O6S. The number of likely N-dealkylation sites (N-methyl/N-ethyl adjacent to an activating group) is 1. The van der Waals surface area contributed by atoms with Gasteiger partial charge in [0.05, 0.1) is 24.8 Å². The molecule has 0 spiro atoms. The predicted molar refractivity (Wildman–Crippen MR) is 175 cm³/mol. The van der Waals surface area contributed by atoms with E-state index in [-0.39, 0.29) is 29.5 Å². The van der Waals surface area contributed by atoms with Gasteiger partial charge in [-0.15, -0.1) is 0 Å². The second-order valence-corrected chi connectivity index (χ2v) is 12.6. The van der Waals surface area contributed by atoms with Gasteiger partial charge in [-0.2, -0.15) is 0 Å². The maximum atomic E-state index is 14.4. The van der Waals surface area contributed by atoms with Gasteiger partial charge in [-0.3, -0.25) is 13.9 Å². The molecule has 0 radical (unpaired) electrons. The van der Waals surface area contributed by atoms with Crippen LogP contribution in [-0.2, 0) is 32.6 Å². The molecule has 0 aliphatic heterocycles. The molecule has 4 aromatic carbocycles. The lowest BCUT2D eigenvalue weighted by Gasteiger charge is -2.33. The molecule has 1 unspecified atom stereocenters. The van der Waals surface area contributed by atoms with Crippen LogP contribution in [0.2, 0.25) is 0 Å². The van der Waals surface area contributed by atoms with Gasteiger partial charge in [0.1, 0.15) is 12.6 Å². The van der Waals surface area contributed by atoms with E-state index in [4.69, 9.17) is 9.47 Å². The van der Waals surface area contributed by atoms with Crippen molar-refractivity contribution < 1.29 is 27.5 Å². The van der Waals surface area contributed by atoms with Gasteiger partial charge in [-0.1, -0.05) is 77.9 Å². The Kier molecular flexibility index (Phi) is 10.9. The van der Waals surface area contributed by atoms with E-state index in [1.807, 2.05) is 68.4 Å². The zero-order valence-corrected chi connectivity index (χ0v) is 27.0. The maximum Gasteiger partial charge on any atom is 0.264 e. The molecule has 0 fully saturated rings. The number of nitrogens with one attached hydrogen (secondary N) is 1. The number of rotatable bonds is 13. The summed E-state index contributed by atoms with van der Waals surface area (Å²) in [4.78, 5) is 29.2. The zero-order chi connectivity index (χ0) is 32.6. The normalized spacial score (nSPS) is 11.8. The molecular weight excluding hydrogens is 590 g/mol. The van der Waals surface area contributed by atoms with Crippen LogP contribution in [0, 0.1) is 13.8 Å². The Hall–Kier alpha value is -4.83. The molecule has 2 amide bonds. The fraction of sp³-hybridized carbons (Fsp3) is 0.257. The van der Waals surface area contributed by atoms with Crippen molar-refractivity contribution in [2.75, 3.05) is 32.1 Å². The van der Waals surface area contributed by atoms with E-state index in [1.54, 1.807) is 24.3 Å². The molecule has 0 aliphatic rings. The van der Waals surface area contributed by atoms with Crippen LogP contribution in [0.4, 0.5) is 5.69 Å². The Morgan fingerprint density at radius 1 is 0.778 bits per heavy atom. The Morgan fingerprint density at radius 3 is 1.96 bits per heavy atom. The highest BCUT2D eigenvalue weighted by atomic mass is 32.2. The number of aryl methyl sites for hydroxylation is 2. The lowest BCUT2D eigenvalue weighted by atomic mass is 10.0. The van der Waals surface area contributed by atoms with Gasteiger partial charge in [0.25, 0.3) is 10.0 Å². The van der Waals surface area contributed by atoms with Crippen molar-refractivity contribution in [1.29, 1.82) is 0 Å². The van der Waals surface area contributed by atoms with Crippen LogP contribution >= 0.6 is 0 Å². The molecule has 4 rings (SSSR count). The summed E-state index contributed by atoms with van der Waals surface area (Å²) in [7, 11) is 0.114. The number of carbonyl (C=O) groups is 2. The van der Waals surface area contributed by atoms with Crippen molar-refractivity contribution >= 4 is 27.5 Å². The van der Waals surface area contributed by atoms with Crippen LogP contribution in [0.1, 0.15) is 22.3 Å². The van der Waals surface area contributed by atoms with Crippen LogP contribution in [0.3, 0.4) is 0 Å². The average Bonchev–Trinajstić information content (AvgIpc) is 3.06. The van der Waals surface area contributed by atoms with Gasteiger partial charge in [-0.25, -0.2) is 8.42 Å². The summed E-state index contributed by atoms with van der Waals surface area (Å²) >= 11 is 0. The van der Waals surface area contributed by atoms with Crippen molar-refractivity contribution in [3.05, 3.63) is 119 Å².